The minimum atomic E-state index is -3.90. The molecule has 0 spiro atoms. The monoisotopic (exact) mass is 313 g/mol. The smallest absolute Gasteiger partial charge is 0.289 e. The van der Waals surface area contributed by atoms with E-state index in [1.165, 1.54) is 18.2 Å². The number of rotatable bonds is 7. The van der Waals surface area contributed by atoms with Crippen LogP contribution in [0.5, 0.6) is 0 Å². The first kappa shape index (κ1) is 15.7. The molecule has 2 rings (SSSR count). The summed E-state index contributed by atoms with van der Waals surface area (Å²) < 4.78 is 27.1. The topological polar surface area (TPSA) is 101 Å². The van der Waals surface area contributed by atoms with Gasteiger partial charge in [0.25, 0.3) is 5.69 Å². The van der Waals surface area contributed by atoms with Crippen LogP contribution in [0.3, 0.4) is 0 Å². The maximum absolute atomic E-state index is 12.3. The van der Waals surface area contributed by atoms with Crippen LogP contribution in [0.15, 0.2) is 23.1 Å². The fourth-order valence-corrected chi connectivity index (χ4v) is 3.52. The Morgan fingerprint density at radius 3 is 2.62 bits per heavy atom. The quantitative estimate of drug-likeness (QED) is 0.592. The normalized spacial score (nSPS) is 16.5. The second-order valence-electron chi connectivity index (χ2n) is 5.36. The van der Waals surface area contributed by atoms with Crippen molar-refractivity contribution in [1.82, 2.24) is 4.72 Å². The van der Waals surface area contributed by atoms with Gasteiger partial charge in [-0.05, 0) is 36.8 Å². The van der Waals surface area contributed by atoms with E-state index in [1.54, 1.807) is 7.05 Å². The lowest BCUT2D eigenvalue weighted by molar-refractivity contribution is -0.387. The van der Waals surface area contributed by atoms with Crippen LogP contribution in [0.1, 0.15) is 19.8 Å². The highest BCUT2D eigenvalue weighted by molar-refractivity contribution is 7.89. The van der Waals surface area contributed by atoms with E-state index in [9.17, 15) is 18.5 Å². The molecule has 0 amide bonds. The molecule has 0 aliphatic heterocycles. The standard InChI is InChI=1S/C13H19N3O4S/c1-9(10-3-4-10)8-15-21(19,20)13-7-11(14-2)5-6-12(13)16(17)18/h5-7,9-10,14-15H,3-4,8H2,1-2H3. The molecule has 21 heavy (non-hydrogen) atoms. The van der Waals surface area contributed by atoms with Gasteiger partial charge in [-0.3, -0.25) is 10.1 Å². The van der Waals surface area contributed by atoms with Gasteiger partial charge >= 0.3 is 0 Å². The molecule has 0 heterocycles. The van der Waals surface area contributed by atoms with Crippen LogP contribution in [0, 0.1) is 22.0 Å². The van der Waals surface area contributed by atoms with Crippen molar-refractivity contribution in [2.45, 2.75) is 24.7 Å². The summed E-state index contributed by atoms with van der Waals surface area (Å²) in [5.41, 5.74) is 0.0943. The van der Waals surface area contributed by atoms with Gasteiger partial charge in [0.15, 0.2) is 4.90 Å². The molecule has 0 bridgehead atoms. The third-order valence-electron chi connectivity index (χ3n) is 3.76. The number of nitro benzene ring substituents is 1. The highest BCUT2D eigenvalue weighted by atomic mass is 32.2. The number of sulfonamides is 1. The van der Waals surface area contributed by atoms with Crippen LogP contribution in [0.25, 0.3) is 0 Å². The number of nitrogens with zero attached hydrogens (tertiary/aromatic N) is 1. The lowest BCUT2D eigenvalue weighted by atomic mass is 10.1. The Bertz CT molecular complexity index is 641. The van der Waals surface area contributed by atoms with Gasteiger partial charge in [-0.25, -0.2) is 13.1 Å². The highest BCUT2D eigenvalue weighted by Crippen LogP contribution is 2.36. The van der Waals surface area contributed by atoms with E-state index in [-0.39, 0.29) is 10.8 Å². The zero-order chi connectivity index (χ0) is 15.6. The minimum Gasteiger partial charge on any atom is -0.388 e. The molecule has 116 valence electrons. The summed E-state index contributed by atoms with van der Waals surface area (Å²) in [6.45, 7) is 2.28. The second-order valence-corrected chi connectivity index (χ2v) is 7.09. The molecule has 0 aromatic heterocycles. The van der Waals surface area contributed by atoms with Crippen LogP contribution in [0.4, 0.5) is 11.4 Å². The van der Waals surface area contributed by atoms with Crippen molar-refractivity contribution in [1.29, 1.82) is 0 Å². The Morgan fingerprint density at radius 2 is 2.10 bits per heavy atom. The first-order valence-electron chi connectivity index (χ1n) is 6.81. The molecule has 1 aromatic rings. The average Bonchev–Trinajstić information content (AvgIpc) is 3.28. The van der Waals surface area contributed by atoms with Crippen LogP contribution in [-0.2, 0) is 10.0 Å². The van der Waals surface area contributed by atoms with Crippen LogP contribution < -0.4 is 10.0 Å². The number of nitro groups is 1. The summed E-state index contributed by atoms with van der Waals surface area (Å²) in [7, 11) is -2.28. The van der Waals surface area contributed by atoms with E-state index in [4.69, 9.17) is 0 Å². The van der Waals surface area contributed by atoms with Crippen LogP contribution >= 0.6 is 0 Å². The first-order chi connectivity index (χ1) is 9.85. The zero-order valence-electron chi connectivity index (χ0n) is 12.0. The molecular weight excluding hydrogens is 294 g/mol. The van der Waals surface area contributed by atoms with Crippen molar-refractivity contribution in [3.05, 3.63) is 28.3 Å². The summed E-state index contributed by atoms with van der Waals surface area (Å²) in [6, 6.07) is 3.96. The van der Waals surface area contributed by atoms with Gasteiger partial charge in [0.2, 0.25) is 10.0 Å². The molecule has 0 radical (unpaired) electrons. The first-order valence-corrected chi connectivity index (χ1v) is 8.29. The molecule has 7 nitrogen and oxygen atoms in total. The lowest BCUT2D eigenvalue weighted by Gasteiger charge is -2.12. The van der Waals surface area contributed by atoms with Gasteiger partial charge in [-0.15, -0.1) is 0 Å². The lowest BCUT2D eigenvalue weighted by Crippen LogP contribution is -2.29. The summed E-state index contributed by atoms with van der Waals surface area (Å²) in [4.78, 5) is 10.0. The van der Waals surface area contributed by atoms with Gasteiger partial charge in [0, 0.05) is 25.3 Å². The van der Waals surface area contributed by atoms with E-state index >= 15 is 0 Å². The maximum atomic E-state index is 12.3. The van der Waals surface area contributed by atoms with Gasteiger partial charge in [-0.1, -0.05) is 6.92 Å². The van der Waals surface area contributed by atoms with Crippen molar-refractivity contribution < 1.29 is 13.3 Å². The van der Waals surface area contributed by atoms with E-state index in [0.29, 0.717) is 18.2 Å². The van der Waals surface area contributed by atoms with Gasteiger partial charge in [-0.2, -0.15) is 0 Å². The van der Waals surface area contributed by atoms with Crippen LogP contribution in [-0.4, -0.2) is 26.9 Å². The molecule has 1 atom stereocenters. The maximum Gasteiger partial charge on any atom is 0.289 e. The van der Waals surface area contributed by atoms with Crippen molar-refractivity contribution in [3.8, 4) is 0 Å². The molecular formula is C13H19N3O4S. The number of anilines is 1. The van der Waals surface area contributed by atoms with Crippen molar-refractivity contribution in [2.75, 3.05) is 18.9 Å². The predicted molar refractivity (Wildman–Crippen MR) is 79.7 cm³/mol. The number of benzene rings is 1. The third-order valence-corrected chi connectivity index (χ3v) is 5.21. The number of hydrogen-bond donors (Lipinski definition) is 2. The van der Waals surface area contributed by atoms with E-state index in [2.05, 4.69) is 10.0 Å². The summed E-state index contributed by atoms with van der Waals surface area (Å²) >= 11 is 0. The fourth-order valence-electron chi connectivity index (χ4n) is 2.19. The van der Waals surface area contributed by atoms with Crippen molar-refractivity contribution >= 4 is 21.4 Å². The Morgan fingerprint density at radius 1 is 1.43 bits per heavy atom. The molecule has 8 heteroatoms. The Kier molecular flexibility index (Phi) is 4.48. The molecule has 1 aliphatic carbocycles. The van der Waals surface area contributed by atoms with E-state index in [0.717, 1.165) is 12.8 Å². The molecule has 1 aliphatic rings. The Balaban J connectivity index is 2.26. The highest BCUT2D eigenvalue weighted by Gasteiger charge is 2.31. The fraction of sp³-hybridized carbons (Fsp3) is 0.538. The van der Waals surface area contributed by atoms with Crippen molar-refractivity contribution in [2.24, 2.45) is 11.8 Å². The van der Waals surface area contributed by atoms with E-state index in [1.807, 2.05) is 6.92 Å². The minimum absolute atomic E-state index is 0.242. The van der Waals surface area contributed by atoms with Gasteiger partial charge < -0.3 is 5.32 Å². The average molecular weight is 313 g/mol. The Labute approximate surface area is 123 Å². The van der Waals surface area contributed by atoms with E-state index < -0.39 is 20.6 Å². The molecule has 1 fully saturated rings. The SMILES string of the molecule is CNc1ccc([N+](=O)[O-])c(S(=O)(=O)NCC(C)C2CC2)c1. The summed E-state index contributed by atoms with van der Waals surface area (Å²) in [6.07, 6.45) is 2.25. The summed E-state index contributed by atoms with van der Waals surface area (Å²) in [5.74, 6) is 0.803. The Hall–Kier alpha value is -1.67. The number of hydrogen-bond acceptors (Lipinski definition) is 5. The van der Waals surface area contributed by atoms with Crippen LogP contribution in [0.2, 0.25) is 0 Å². The predicted octanol–water partition coefficient (Wildman–Crippen LogP) is 1.96. The molecule has 0 saturated heterocycles. The molecule has 1 aromatic carbocycles. The second kappa shape index (κ2) is 5.98. The van der Waals surface area contributed by atoms with Gasteiger partial charge in [0.1, 0.15) is 0 Å². The van der Waals surface area contributed by atoms with Crippen molar-refractivity contribution in [3.63, 3.8) is 0 Å². The third kappa shape index (κ3) is 3.70. The molecule has 1 saturated carbocycles. The summed E-state index contributed by atoms with van der Waals surface area (Å²) in [5, 5.41) is 13.8. The molecule has 1 unspecified atom stereocenters. The largest absolute Gasteiger partial charge is 0.388 e. The van der Waals surface area contributed by atoms with Gasteiger partial charge in [0.05, 0.1) is 4.92 Å². The molecule has 2 N–H and O–H groups in total. The zero-order valence-corrected chi connectivity index (χ0v) is 12.8. The number of nitrogens with one attached hydrogen (secondary N) is 2.